The van der Waals surface area contributed by atoms with E-state index in [0.29, 0.717) is 30.6 Å². The normalized spacial score (nSPS) is 17.0. The van der Waals surface area contributed by atoms with Gasteiger partial charge in [0, 0.05) is 18.7 Å². The average molecular weight is 447 g/mol. The lowest BCUT2D eigenvalue weighted by atomic mass is 9.97. The summed E-state index contributed by atoms with van der Waals surface area (Å²) in [7, 11) is 0. The van der Waals surface area contributed by atoms with Crippen molar-refractivity contribution < 1.29 is 14.4 Å². The zero-order valence-corrected chi connectivity index (χ0v) is 19.1. The highest BCUT2D eigenvalue weighted by atomic mass is 16.2. The van der Waals surface area contributed by atoms with E-state index in [-0.39, 0.29) is 23.6 Å². The van der Waals surface area contributed by atoms with Crippen molar-refractivity contribution in [1.82, 2.24) is 15.5 Å². The number of amides is 3. The van der Waals surface area contributed by atoms with Crippen molar-refractivity contribution in [3.8, 4) is 6.07 Å². The molecule has 0 saturated carbocycles. The van der Waals surface area contributed by atoms with E-state index in [1.54, 1.807) is 53.4 Å². The minimum absolute atomic E-state index is 0.0758. The van der Waals surface area contributed by atoms with Crippen LogP contribution in [-0.2, 0) is 16.1 Å². The molecule has 0 spiro atoms. The van der Waals surface area contributed by atoms with Gasteiger partial charge in [-0.05, 0) is 48.6 Å². The molecule has 0 aromatic heterocycles. The Morgan fingerprint density at radius 1 is 1.12 bits per heavy atom. The summed E-state index contributed by atoms with van der Waals surface area (Å²) in [6, 6.07) is 16.6. The summed E-state index contributed by atoms with van der Waals surface area (Å²) in [6.07, 6.45) is 2.04. The highest BCUT2D eigenvalue weighted by molar-refractivity contribution is 5.98. The van der Waals surface area contributed by atoms with Crippen LogP contribution in [0.5, 0.6) is 0 Å². The second-order valence-electron chi connectivity index (χ2n) is 8.42. The van der Waals surface area contributed by atoms with E-state index >= 15 is 0 Å². The van der Waals surface area contributed by atoms with Gasteiger partial charge in [-0.3, -0.25) is 14.4 Å². The van der Waals surface area contributed by atoms with Crippen molar-refractivity contribution in [2.24, 2.45) is 5.92 Å². The van der Waals surface area contributed by atoms with Crippen LogP contribution in [0, 0.1) is 17.2 Å². The highest BCUT2D eigenvalue weighted by Gasteiger charge is 2.39. The van der Waals surface area contributed by atoms with E-state index < -0.39 is 12.1 Å². The van der Waals surface area contributed by atoms with Crippen molar-refractivity contribution in [2.75, 3.05) is 6.54 Å². The first-order valence-corrected chi connectivity index (χ1v) is 11.4. The molecule has 3 atom stereocenters. The first-order chi connectivity index (χ1) is 15.9. The summed E-state index contributed by atoms with van der Waals surface area (Å²) in [5.74, 6) is -0.796. The number of carbonyl (C=O) groups excluding carboxylic acids is 3. The molecule has 1 aliphatic rings. The van der Waals surface area contributed by atoms with Crippen LogP contribution >= 0.6 is 0 Å². The molecule has 2 aromatic carbocycles. The molecule has 1 aliphatic heterocycles. The van der Waals surface area contributed by atoms with Crippen LogP contribution in [-0.4, -0.2) is 41.2 Å². The van der Waals surface area contributed by atoms with Crippen LogP contribution in [0.15, 0.2) is 54.6 Å². The number of carbonyl (C=O) groups is 3. The van der Waals surface area contributed by atoms with Gasteiger partial charge in [0.05, 0.1) is 11.6 Å². The van der Waals surface area contributed by atoms with Gasteiger partial charge in [0.25, 0.3) is 5.91 Å². The summed E-state index contributed by atoms with van der Waals surface area (Å²) in [4.78, 5) is 40.7. The van der Waals surface area contributed by atoms with Gasteiger partial charge in [-0.2, -0.15) is 5.26 Å². The van der Waals surface area contributed by atoms with Gasteiger partial charge >= 0.3 is 0 Å². The Kier molecular flexibility index (Phi) is 8.20. The molecule has 7 heteroatoms. The third-order valence-corrected chi connectivity index (χ3v) is 6.19. The maximum Gasteiger partial charge on any atom is 0.251 e. The zero-order valence-electron chi connectivity index (χ0n) is 19.1. The van der Waals surface area contributed by atoms with Crippen LogP contribution in [0.4, 0.5) is 0 Å². The Morgan fingerprint density at radius 3 is 2.45 bits per heavy atom. The first kappa shape index (κ1) is 24.0. The third-order valence-electron chi connectivity index (χ3n) is 6.19. The van der Waals surface area contributed by atoms with Crippen molar-refractivity contribution >= 4 is 17.7 Å². The first-order valence-electron chi connectivity index (χ1n) is 11.4. The molecule has 2 N–H and O–H groups in total. The Balaban J connectivity index is 1.67. The summed E-state index contributed by atoms with van der Waals surface area (Å²) < 4.78 is 0. The predicted octanol–water partition coefficient (Wildman–Crippen LogP) is 3.01. The third kappa shape index (κ3) is 5.98. The number of rotatable bonds is 8. The largest absolute Gasteiger partial charge is 0.350 e. The van der Waals surface area contributed by atoms with Crippen LogP contribution in [0.2, 0.25) is 0 Å². The zero-order chi connectivity index (χ0) is 23.8. The fourth-order valence-electron chi connectivity index (χ4n) is 3.98. The molecule has 0 unspecified atom stereocenters. The lowest BCUT2D eigenvalue weighted by Gasteiger charge is -2.31. The van der Waals surface area contributed by atoms with E-state index in [2.05, 4.69) is 16.7 Å². The molecule has 0 radical (unpaired) electrons. The van der Waals surface area contributed by atoms with E-state index in [1.807, 2.05) is 19.9 Å². The SMILES string of the molecule is CC[C@H](C)[C@H](NC(=O)c1ccccc1)C(=O)N1CCC[C@H]1C(=O)NCc1ccc(C#N)cc1. The fraction of sp³-hybridized carbons (Fsp3) is 0.385. The average Bonchev–Trinajstić information content (AvgIpc) is 3.36. The smallest absolute Gasteiger partial charge is 0.251 e. The monoisotopic (exact) mass is 446 g/mol. The topological polar surface area (TPSA) is 102 Å². The summed E-state index contributed by atoms with van der Waals surface area (Å²) >= 11 is 0. The molecule has 1 saturated heterocycles. The quantitative estimate of drug-likeness (QED) is 0.651. The van der Waals surface area contributed by atoms with Gasteiger partial charge in [0.15, 0.2) is 0 Å². The molecule has 2 aromatic rings. The standard InChI is InChI=1S/C26H30N4O3/c1-3-18(2)23(29-24(31)21-8-5-4-6-9-21)26(33)30-15-7-10-22(30)25(32)28-17-20-13-11-19(16-27)12-14-20/h4-6,8-9,11-14,18,22-23H,3,7,10,15,17H2,1-2H3,(H,28,32)(H,29,31)/t18-,22-,23-/m0/s1. The number of likely N-dealkylation sites (tertiary alicyclic amines) is 1. The van der Waals surface area contributed by atoms with Crippen molar-refractivity contribution in [3.63, 3.8) is 0 Å². The molecule has 0 bridgehead atoms. The molecule has 3 rings (SSSR count). The number of nitrogens with zero attached hydrogens (tertiary/aromatic N) is 2. The van der Waals surface area contributed by atoms with Gasteiger partial charge in [0.1, 0.15) is 12.1 Å². The van der Waals surface area contributed by atoms with E-state index in [1.165, 1.54) is 0 Å². The second-order valence-corrected chi connectivity index (χ2v) is 8.42. The number of benzene rings is 2. The van der Waals surface area contributed by atoms with Crippen LogP contribution in [0.3, 0.4) is 0 Å². The summed E-state index contributed by atoms with van der Waals surface area (Å²) in [5.41, 5.74) is 1.94. The number of nitriles is 1. The Hall–Kier alpha value is -3.66. The van der Waals surface area contributed by atoms with Gasteiger partial charge in [-0.1, -0.05) is 50.6 Å². The van der Waals surface area contributed by atoms with Gasteiger partial charge in [-0.25, -0.2) is 0 Å². The lowest BCUT2D eigenvalue weighted by molar-refractivity contribution is -0.140. The van der Waals surface area contributed by atoms with Gasteiger partial charge in [0.2, 0.25) is 11.8 Å². The van der Waals surface area contributed by atoms with E-state index in [4.69, 9.17) is 5.26 Å². The predicted molar refractivity (Wildman–Crippen MR) is 125 cm³/mol. The minimum atomic E-state index is -0.699. The molecule has 1 heterocycles. The molecule has 3 amide bonds. The Labute approximate surface area is 194 Å². The van der Waals surface area contributed by atoms with Crippen LogP contribution in [0.25, 0.3) is 0 Å². The van der Waals surface area contributed by atoms with Gasteiger partial charge < -0.3 is 15.5 Å². The maximum atomic E-state index is 13.5. The molecule has 7 nitrogen and oxygen atoms in total. The summed E-state index contributed by atoms with van der Waals surface area (Å²) in [5, 5.41) is 14.7. The number of nitrogens with one attached hydrogen (secondary N) is 2. The van der Waals surface area contributed by atoms with Crippen molar-refractivity contribution in [3.05, 3.63) is 71.3 Å². The van der Waals surface area contributed by atoms with Crippen LogP contribution < -0.4 is 10.6 Å². The number of hydrogen-bond donors (Lipinski definition) is 2. The minimum Gasteiger partial charge on any atom is -0.350 e. The van der Waals surface area contributed by atoms with Crippen molar-refractivity contribution in [2.45, 2.75) is 51.7 Å². The van der Waals surface area contributed by atoms with Gasteiger partial charge in [-0.15, -0.1) is 0 Å². The Morgan fingerprint density at radius 2 is 1.82 bits per heavy atom. The molecule has 33 heavy (non-hydrogen) atoms. The lowest BCUT2D eigenvalue weighted by Crippen LogP contribution is -2.55. The Bertz CT molecular complexity index is 1010. The fourth-order valence-corrected chi connectivity index (χ4v) is 3.98. The number of hydrogen-bond acceptors (Lipinski definition) is 4. The molecular formula is C26H30N4O3. The summed E-state index contributed by atoms with van der Waals surface area (Å²) in [6.45, 7) is 4.72. The second kappa shape index (κ2) is 11.3. The van der Waals surface area contributed by atoms with E-state index in [0.717, 1.165) is 18.4 Å². The van der Waals surface area contributed by atoms with Crippen LogP contribution in [0.1, 0.15) is 54.6 Å². The molecule has 172 valence electrons. The highest BCUT2D eigenvalue weighted by Crippen LogP contribution is 2.22. The molecule has 0 aliphatic carbocycles. The molecular weight excluding hydrogens is 416 g/mol. The van der Waals surface area contributed by atoms with Crippen molar-refractivity contribution in [1.29, 1.82) is 5.26 Å². The maximum absolute atomic E-state index is 13.5. The molecule has 1 fully saturated rings. The van der Waals surface area contributed by atoms with E-state index in [9.17, 15) is 14.4 Å².